The number of rotatable bonds is 3. The molecular formula is C27H33N3O. The second kappa shape index (κ2) is 8.16. The Labute approximate surface area is 185 Å². The van der Waals surface area contributed by atoms with E-state index in [-0.39, 0.29) is 11.9 Å². The Morgan fingerprint density at radius 2 is 1.77 bits per heavy atom. The largest absolute Gasteiger partial charge is 0.377 e. The van der Waals surface area contributed by atoms with Gasteiger partial charge < -0.3 is 15.1 Å². The minimum atomic E-state index is 0.159. The maximum atomic E-state index is 13.5. The number of fused-ring (bicyclic) bond motifs is 3. The number of benzene rings is 2. The van der Waals surface area contributed by atoms with Gasteiger partial charge in [-0.15, -0.1) is 0 Å². The summed E-state index contributed by atoms with van der Waals surface area (Å²) in [5.41, 5.74) is 5.82. The molecule has 0 spiro atoms. The summed E-state index contributed by atoms with van der Waals surface area (Å²) >= 11 is 0. The van der Waals surface area contributed by atoms with E-state index >= 15 is 0 Å². The van der Waals surface area contributed by atoms with E-state index in [1.165, 1.54) is 16.7 Å². The number of carbonyl (C=O) groups excluding carboxylic acids is 1. The molecule has 1 N–H and O–H groups in total. The topological polar surface area (TPSA) is 35.6 Å². The normalized spacial score (nSPS) is 25.3. The maximum absolute atomic E-state index is 13.5. The second-order valence-corrected chi connectivity index (χ2v) is 9.66. The summed E-state index contributed by atoms with van der Waals surface area (Å²) in [4.78, 5) is 17.8. The summed E-state index contributed by atoms with van der Waals surface area (Å²) in [6, 6.07) is 15.6. The first-order valence-corrected chi connectivity index (χ1v) is 11.7. The van der Waals surface area contributed by atoms with Gasteiger partial charge in [0.1, 0.15) is 0 Å². The lowest BCUT2D eigenvalue weighted by atomic mass is 9.76. The van der Waals surface area contributed by atoms with Gasteiger partial charge in [-0.3, -0.25) is 4.79 Å². The molecular weight excluding hydrogens is 382 g/mol. The number of anilines is 1. The zero-order valence-corrected chi connectivity index (χ0v) is 18.8. The summed E-state index contributed by atoms with van der Waals surface area (Å²) < 4.78 is 0. The summed E-state index contributed by atoms with van der Waals surface area (Å²) in [5.74, 6) is 1.55. The van der Waals surface area contributed by atoms with Crippen molar-refractivity contribution in [3.8, 4) is 0 Å². The highest BCUT2D eigenvalue weighted by atomic mass is 16.2. The average molecular weight is 416 g/mol. The summed E-state index contributed by atoms with van der Waals surface area (Å²) in [5, 5.41) is 3.83. The van der Waals surface area contributed by atoms with Crippen molar-refractivity contribution in [3.63, 3.8) is 0 Å². The lowest BCUT2D eigenvalue weighted by Gasteiger charge is -2.39. The maximum Gasteiger partial charge on any atom is 0.256 e. The van der Waals surface area contributed by atoms with Crippen LogP contribution in [0.25, 0.3) is 0 Å². The van der Waals surface area contributed by atoms with E-state index in [0.29, 0.717) is 17.8 Å². The summed E-state index contributed by atoms with van der Waals surface area (Å²) in [6.07, 6.45) is 5.74. The fourth-order valence-corrected chi connectivity index (χ4v) is 5.40. The molecule has 0 radical (unpaired) electrons. The van der Waals surface area contributed by atoms with Crippen molar-refractivity contribution in [2.75, 3.05) is 38.5 Å². The molecule has 1 saturated heterocycles. The highest BCUT2D eigenvalue weighted by Crippen LogP contribution is 2.50. The van der Waals surface area contributed by atoms with Gasteiger partial charge >= 0.3 is 0 Å². The molecule has 3 unspecified atom stereocenters. The van der Waals surface area contributed by atoms with E-state index in [0.717, 1.165) is 43.9 Å². The van der Waals surface area contributed by atoms with E-state index in [1.807, 2.05) is 11.0 Å². The SMILES string of the molecule is CC(C)c1ccc(C2Nc3c(C(=O)N4CCN(C)CC4)cccc3C3C=CCC32)cc1. The highest BCUT2D eigenvalue weighted by molar-refractivity contribution is 6.01. The Morgan fingerprint density at radius 3 is 2.48 bits per heavy atom. The van der Waals surface area contributed by atoms with Crippen LogP contribution in [-0.2, 0) is 0 Å². The zero-order chi connectivity index (χ0) is 21.5. The minimum absolute atomic E-state index is 0.159. The Hall–Kier alpha value is -2.59. The van der Waals surface area contributed by atoms with Gasteiger partial charge in [0.2, 0.25) is 0 Å². The third-order valence-corrected chi connectivity index (χ3v) is 7.38. The zero-order valence-electron chi connectivity index (χ0n) is 18.8. The van der Waals surface area contributed by atoms with Crippen LogP contribution in [-0.4, -0.2) is 48.9 Å². The van der Waals surface area contributed by atoms with Crippen LogP contribution in [0.3, 0.4) is 0 Å². The van der Waals surface area contributed by atoms with Crippen molar-refractivity contribution < 1.29 is 4.79 Å². The van der Waals surface area contributed by atoms with Crippen LogP contribution in [0.15, 0.2) is 54.6 Å². The molecule has 162 valence electrons. The van der Waals surface area contributed by atoms with Crippen LogP contribution in [0.5, 0.6) is 0 Å². The predicted octanol–water partition coefficient (Wildman–Crippen LogP) is 5.02. The summed E-state index contributed by atoms with van der Waals surface area (Å²) in [6.45, 7) is 7.93. The molecule has 2 aliphatic heterocycles. The molecule has 4 heteroatoms. The van der Waals surface area contributed by atoms with Crippen molar-refractivity contribution in [2.24, 2.45) is 5.92 Å². The number of allylic oxidation sites excluding steroid dienone is 2. The molecule has 0 saturated carbocycles. The van der Waals surface area contributed by atoms with Crippen molar-refractivity contribution in [3.05, 3.63) is 76.9 Å². The van der Waals surface area contributed by atoms with Crippen LogP contribution in [0, 0.1) is 5.92 Å². The number of para-hydroxylation sites is 1. The number of hydrogen-bond acceptors (Lipinski definition) is 3. The van der Waals surface area contributed by atoms with Crippen molar-refractivity contribution in [1.29, 1.82) is 0 Å². The van der Waals surface area contributed by atoms with Crippen LogP contribution >= 0.6 is 0 Å². The number of likely N-dealkylation sites (N-methyl/N-ethyl adjacent to an activating group) is 1. The van der Waals surface area contributed by atoms with Gasteiger partial charge in [0, 0.05) is 32.1 Å². The van der Waals surface area contributed by atoms with Gasteiger partial charge in [0.15, 0.2) is 0 Å². The van der Waals surface area contributed by atoms with Crippen LogP contribution in [0.2, 0.25) is 0 Å². The van der Waals surface area contributed by atoms with Gasteiger partial charge in [-0.1, -0.05) is 62.4 Å². The Bertz CT molecular complexity index is 986. The molecule has 2 aromatic rings. The van der Waals surface area contributed by atoms with Gasteiger partial charge in [0.05, 0.1) is 17.3 Å². The standard InChI is InChI=1S/C27H33N3O/c1-18(2)19-10-12-20(13-11-19)25-22-7-4-6-21(22)23-8-5-9-24(26(23)28-25)27(31)30-16-14-29(3)15-17-30/h4-6,8-13,18,21-22,25,28H,7,14-17H2,1-3H3. The third kappa shape index (κ3) is 3.67. The number of carbonyl (C=O) groups is 1. The molecule has 2 aromatic carbocycles. The van der Waals surface area contributed by atoms with Crippen molar-refractivity contribution in [2.45, 2.75) is 38.1 Å². The molecule has 0 aromatic heterocycles. The van der Waals surface area contributed by atoms with Gasteiger partial charge in [0.25, 0.3) is 5.91 Å². The number of piperazine rings is 1. The number of amides is 1. The Balaban J connectivity index is 1.50. The van der Waals surface area contributed by atoms with Gasteiger partial charge in [-0.2, -0.15) is 0 Å². The van der Waals surface area contributed by atoms with E-state index in [9.17, 15) is 4.79 Å². The molecule has 3 aliphatic rings. The van der Waals surface area contributed by atoms with Gasteiger partial charge in [-0.05, 0) is 48.1 Å². The van der Waals surface area contributed by atoms with E-state index in [2.05, 4.69) is 79.7 Å². The molecule has 1 aliphatic carbocycles. The first-order chi connectivity index (χ1) is 15.0. The molecule has 1 amide bonds. The van der Waals surface area contributed by atoms with Crippen molar-refractivity contribution in [1.82, 2.24) is 9.80 Å². The monoisotopic (exact) mass is 415 g/mol. The van der Waals surface area contributed by atoms with E-state index in [1.54, 1.807) is 0 Å². The molecule has 31 heavy (non-hydrogen) atoms. The van der Waals surface area contributed by atoms with E-state index < -0.39 is 0 Å². The highest BCUT2D eigenvalue weighted by Gasteiger charge is 2.39. The predicted molar refractivity (Wildman–Crippen MR) is 127 cm³/mol. The number of nitrogens with one attached hydrogen (secondary N) is 1. The Morgan fingerprint density at radius 1 is 1.03 bits per heavy atom. The fourth-order valence-electron chi connectivity index (χ4n) is 5.40. The second-order valence-electron chi connectivity index (χ2n) is 9.66. The smallest absolute Gasteiger partial charge is 0.256 e. The lowest BCUT2D eigenvalue weighted by Crippen LogP contribution is -2.47. The van der Waals surface area contributed by atoms with Crippen molar-refractivity contribution >= 4 is 11.6 Å². The molecule has 2 heterocycles. The Kier molecular flexibility index (Phi) is 5.35. The first kappa shape index (κ1) is 20.3. The van der Waals surface area contributed by atoms with Crippen LogP contribution in [0.1, 0.15) is 65.2 Å². The molecule has 4 nitrogen and oxygen atoms in total. The minimum Gasteiger partial charge on any atom is -0.377 e. The molecule has 0 bridgehead atoms. The average Bonchev–Trinajstić information content (AvgIpc) is 3.28. The number of hydrogen-bond donors (Lipinski definition) is 1. The first-order valence-electron chi connectivity index (χ1n) is 11.7. The molecule has 3 atom stereocenters. The van der Waals surface area contributed by atoms with Crippen LogP contribution in [0.4, 0.5) is 5.69 Å². The molecule has 1 fully saturated rings. The summed E-state index contributed by atoms with van der Waals surface area (Å²) in [7, 11) is 2.12. The lowest BCUT2D eigenvalue weighted by molar-refractivity contribution is 0.0664. The fraction of sp³-hybridized carbons (Fsp3) is 0.444. The number of nitrogens with zero attached hydrogens (tertiary/aromatic N) is 2. The van der Waals surface area contributed by atoms with E-state index in [4.69, 9.17) is 0 Å². The van der Waals surface area contributed by atoms with Crippen LogP contribution < -0.4 is 5.32 Å². The molecule has 5 rings (SSSR count). The quantitative estimate of drug-likeness (QED) is 0.715. The van der Waals surface area contributed by atoms with Gasteiger partial charge in [-0.25, -0.2) is 0 Å². The third-order valence-electron chi connectivity index (χ3n) is 7.38.